The van der Waals surface area contributed by atoms with Crippen molar-refractivity contribution >= 4 is 40.0 Å². The van der Waals surface area contributed by atoms with E-state index in [1.807, 2.05) is 24.3 Å². The maximum Gasteiger partial charge on any atom is 0.266 e. The fraction of sp³-hybridized carbons (Fsp3) is 0.176. The molecule has 1 heterocycles. The molecule has 124 valence electrons. The summed E-state index contributed by atoms with van der Waals surface area (Å²) in [6, 6.07) is 12.6. The highest BCUT2D eigenvalue weighted by molar-refractivity contribution is 7.84. The molecule has 1 N–H and O–H groups in total. The third-order valence-electron chi connectivity index (χ3n) is 3.69. The molecule has 3 aromatic rings. The topological polar surface area (TPSA) is 66.3 Å². The van der Waals surface area contributed by atoms with Gasteiger partial charge in [-0.2, -0.15) is 0 Å². The van der Waals surface area contributed by atoms with Crippen LogP contribution >= 0.6 is 12.2 Å². The number of amides is 1. The normalized spacial score (nSPS) is 12.2. The number of carbonyl (C=O) groups excluding carboxylic acids is 1. The Balaban J connectivity index is 1.77. The molecule has 3 rings (SSSR count). The number of rotatable bonds is 4. The number of aromatic amines is 1. The van der Waals surface area contributed by atoms with Crippen LogP contribution in [0.25, 0.3) is 11.1 Å². The van der Waals surface area contributed by atoms with Crippen LogP contribution in [-0.2, 0) is 17.3 Å². The predicted molar refractivity (Wildman–Crippen MR) is 96.0 cm³/mol. The second-order valence-corrected chi connectivity index (χ2v) is 7.24. The van der Waals surface area contributed by atoms with E-state index in [1.165, 1.54) is 0 Å². The van der Waals surface area contributed by atoms with Gasteiger partial charge in [-0.05, 0) is 48.1 Å². The first kappa shape index (κ1) is 16.6. The van der Waals surface area contributed by atoms with E-state index in [4.69, 9.17) is 16.6 Å². The minimum atomic E-state index is -1.00. The molecule has 0 aliphatic carbocycles. The van der Waals surface area contributed by atoms with Crippen LogP contribution in [0.5, 0.6) is 0 Å². The van der Waals surface area contributed by atoms with Gasteiger partial charge in [0, 0.05) is 41.1 Å². The Kier molecular flexibility index (Phi) is 4.64. The van der Waals surface area contributed by atoms with Crippen LogP contribution in [-0.4, -0.2) is 33.3 Å². The van der Waals surface area contributed by atoms with Gasteiger partial charge >= 0.3 is 0 Å². The number of oxazole rings is 1. The number of fused-ring (bicyclic) bond motifs is 1. The number of nitrogens with one attached hydrogen (secondary N) is 1. The SMILES string of the molecule is CN(Cc1ccc([S@](C)=O)cc1)C(=O)c1ccc2[nH]c(=S)oc2c1. The lowest BCUT2D eigenvalue weighted by atomic mass is 10.1. The van der Waals surface area contributed by atoms with Gasteiger partial charge in [0.15, 0.2) is 5.58 Å². The summed E-state index contributed by atoms with van der Waals surface area (Å²) in [5, 5.41) is 0. The van der Waals surface area contributed by atoms with E-state index < -0.39 is 10.8 Å². The molecule has 0 radical (unpaired) electrons. The average molecular weight is 360 g/mol. The van der Waals surface area contributed by atoms with Crippen LogP contribution in [0.1, 0.15) is 15.9 Å². The molecule has 24 heavy (non-hydrogen) atoms. The molecule has 1 aromatic heterocycles. The minimum Gasteiger partial charge on any atom is -0.429 e. The Hall–Kier alpha value is -2.25. The lowest BCUT2D eigenvalue weighted by Gasteiger charge is -2.17. The van der Waals surface area contributed by atoms with Crippen LogP contribution in [0.2, 0.25) is 0 Å². The molecule has 2 aromatic carbocycles. The highest BCUT2D eigenvalue weighted by atomic mass is 32.2. The van der Waals surface area contributed by atoms with E-state index in [0.29, 0.717) is 17.7 Å². The van der Waals surface area contributed by atoms with Crippen LogP contribution in [0.4, 0.5) is 0 Å². The zero-order valence-electron chi connectivity index (χ0n) is 13.2. The molecule has 0 saturated heterocycles. The Morgan fingerprint density at radius 2 is 1.96 bits per heavy atom. The van der Waals surface area contributed by atoms with E-state index >= 15 is 0 Å². The van der Waals surface area contributed by atoms with Gasteiger partial charge in [-0.25, -0.2) is 0 Å². The van der Waals surface area contributed by atoms with Crippen molar-refractivity contribution in [3.8, 4) is 0 Å². The number of benzene rings is 2. The monoisotopic (exact) mass is 360 g/mol. The standard InChI is InChI=1S/C17H16N2O3S2/c1-19(10-11-3-6-13(7-4-11)24(2)21)16(20)12-5-8-14-15(9-12)22-17(23)18-14/h3-9H,10H2,1-2H3,(H,18,23)/t24-/m0/s1. The van der Waals surface area contributed by atoms with Gasteiger partial charge in [-0.3, -0.25) is 9.00 Å². The van der Waals surface area contributed by atoms with Gasteiger partial charge in [0.1, 0.15) is 0 Å². The number of carbonyl (C=O) groups is 1. The van der Waals surface area contributed by atoms with Crippen molar-refractivity contribution in [3.63, 3.8) is 0 Å². The summed E-state index contributed by atoms with van der Waals surface area (Å²) in [7, 11) is 0.739. The summed E-state index contributed by atoms with van der Waals surface area (Å²) >= 11 is 4.95. The van der Waals surface area contributed by atoms with Crippen LogP contribution in [0.3, 0.4) is 0 Å². The Labute approximate surface area is 146 Å². The van der Waals surface area contributed by atoms with Crippen molar-refractivity contribution in [2.75, 3.05) is 13.3 Å². The van der Waals surface area contributed by atoms with Crippen LogP contribution < -0.4 is 0 Å². The molecule has 0 saturated carbocycles. The van der Waals surface area contributed by atoms with Crippen molar-refractivity contribution in [1.82, 2.24) is 9.88 Å². The summed E-state index contributed by atoms with van der Waals surface area (Å²) in [4.78, 5) is 18.2. The Morgan fingerprint density at radius 3 is 2.62 bits per heavy atom. The Morgan fingerprint density at radius 1 is 1.25 bits per heavy atom. The van der Waals surface area contributed by atoms with Gasteiger partial charge in [0.2, 0.25) is 0 Å². The minimum absolute atomic E-state index is 0.109. The molecular weight excluding hydrogens is 344 g/mol. The lowest BCUT2D eigenvalue weighted by Crippen LogP contribution is -2.26. The number of nitrogens with zero attached hydrogens (tertiary/aromatic N) is 1. The van der Waals surface area contributed by atoms with Gasteiger partial charge in [0.05, 0.1) is 5.52 Å². The smallest absolute Gasteiger partial charge is 0.266 e. The molecule has 0 aliphatic heterocycles. The van der Waals surface area contributed by atoms with Gasteiger partial charge < -0.3 is 14.3 Å². The highest BCUT2D eigenvalue weighted by Gasteiger charge is 2.14. The second-order valence-electron chi connectivity index (χ2n) is 5.48. The molecule has 1 amide bonds. The summed E-state index contributed by atoms with van der Waals surface area (Å²) in [6.07, 6.45) is 1.64. The number of hydrogen-bond acceptors (Lipinski definition) is 4. The van der Waals surface area contributed by atoms with Crippen molar-refractivity contribution in [2.45, 2.75) is 11.4 Å². The average Bonchev–Trinajstić information content (AvgIpc) is 2.93. The third kappa shape index (κ3) is 3.47. The fourth-order valence-electron chi connectivity index (χ4n) is 2.43. The summed E-state index contributed by atoms with van der Waals surface area (Å²) in [5.74, 6) is -0.109. The molecule has 1 atom stereocenters. The number of H-pyrrole nitrogens is 1. The van der Waals surface area contributed by atoms with Gasteiger partial charge in [-0.15, -0.1) is 0 Å². The van der Waals surface area contributed by atoms with Crippen molar-refractivity contribution in [3.05, 3.63) is 58.4 Å². The first-order valence-corrected chi connectivity index (χ1v) is 9.21. The van der Waals surface area contributed by atoms with Gasteiger partial charge in [0.25, 0.3) is 10.7 Å². The second kappa shape index (κ2) is 6.70. The molecule has 0 unspecified atom stereocenters. The zero-order valence-corrected chi connectivity index (χ0v) is 14.9. The molecule has 5 nitrogen and oxygen atoms in total. The number of aromatic nitrogens is 1. The molecule has 0 fully saturated rings. The fourth-order valence-corrected chi connectivity index (χ4v) is 3.15. The highest BCUT2D eigenvalue weighted by Crippen LogP contribution is 2.17. The van der Waals surface area contributed by atoms with E-state index in [9.17, 15) is 9.00 Å². The molecular formula is C17H16N2O3S2. The molecule has 0 aliphatic rings. The van der Waals surface area contributed by atoms with Crippen molar-refractivity contribution in [1.29, 1.82) is 0 Å². The zero-order chi connectivity index (χ0) is 17.3. The van der Waals surface area contributed by atoms with E-state index in [-0.39, 0.29) is 10.7 Å². The van der Waals surface area contributed by atoms with Crippen LogP contribution in [0.15, 0.2) is 51.8 Å². The summed E-state index contributed by atoms with van der Waals surface area (Å²) in [5.41, 5.74) is 2.84. The maximum absolute atomic E-state index is 12.6. The molecule has 0 spiro atoms. The maximum atomic E-state index is 12.6. The van der Waals surface area contributed by atoms with E-state index in [1.54, 1.807) is 36.4 Å². The van der Waals surface area contributed by atoms with E-state index in [0.717, 1.165) is 16.0 Å². The molecule has 0 bridgehead atoms. The van der Waals surface area contributed by atoms with Gasteiger partial charge in [-0.1, -0.05) is 12.1 Å². The quantitative estimate of drug-likeness (QED) is 0.723. The van der Waals surface area contributed by atoms with E-state index in [2.05, 4.69) is 4.98 Å². The molecule has 7 heteroatoms. The first-order valence-electron chi connectivity index (χ1n) is 7.25. The van der Waals surface area contributed by atoms with Crippen molar-refractivity contribution in [2.24, 2.45) is 0 Å². The first-order chi connectivity index (χ1) is 11.4. The lowest BCUT2D eigenvalue weighted by molar-refractivity contribution is 0.0785. The summed E-state index contributed by atoms with van der Waals surface area (Å²) in [6.45, 7) is 0.462. The Bertz CT molecular complexity index is 973. The summed E-state index contributed by atoms with van der Waals surface area (Å²) < 4.78 is 16.8. The third-order valence-corrected chi connectivity index (χ3v) is 4.81. The largest absolute Gasteiger partial charge is 0.429 e. The van der Waals surface area contributed by atoms with Crippen molar-refractivity contribution < 1.29 is 13.4 Å². The predicted octanol–water partition coefficient (Wildman–Crippen LogP) is 3.50. The van der Waals surface area contributed by atoms with Crippen LogP contribution in [0, 0.1) is 4.84 Å². The number of hydrogen-bond donors (Lipinski definition) is 1.